The standard InChI is InChI=1S/C19H23ClN2O4/c20-14-5-4-6-15(10-14)21-17(23)12-26-19(25)13-9-18(24)22(11-13)16-7-2-1-3-8-16/h4-6,10,13,16H,1-3,7-9,11-12H2,(H,21,23)/t13-/m0/s1. The van der Waals surface area contributed by atoms with E-state index >= 15 is 0 Å². The fraction of sp³-hybridized carbons (Fsp3) is 0.526. The molecule has 26 heavy (non-hydrogen) atoms. The molecule has 6 nitrogen and oxygen atoms in total. The van der Waals surface area contributed by atoms with Crippen LogP contribution in [0.5, 0.6) is 0 Å². The molecule has 1 atom stereocenters. The summed E-state index contributed by atoms with van der Waals surface area (Å²) >= 11 is 5.86. The molecule has 2 aliphatic rings. The van der Waals surface area contributed by atoms with Gasteiger partial charge in [0.15, 0.2) is 6.61 Å². The predicted octanol–water partition coefficient (Wildman–Crippen LogP) is 3.00. The zero-order valence-corrected chi connectivity index (χ0v) is 15.3. The van der Waals surface area contributed by atoms with Gasteiger partial charge in [-0.05, 0) is 31.0 Å². The molecule has 1 aromatic carbocycles. The predicted molar refractivity (Wildman–Crippen MR) is 97.7 cm³/mol. The Morgan fingerprint density at radius 2 is 2.00 bits per heavy atom. The second-order valence-corrected chi connectivity index (χ2v) is 7.34. The molecule has 0 bridgehead atoms. The number of carbonyl (C=O) groups is 3. The summed E-state index contributed by atoms with van der Waals surface area (Å²) in [6.07, 6.45) is 5.67. The van der Waals surface area contributed by atoms with Crippen molar-refractivity contribution in [3.8, 4) is 0 Å². The summed E-state index contributed by atoms with van der Waals surface area (Å²) in [6.45, 7) is 0.0255. The van der Waals surface area contributed by atoms with Gasteiger partial charge in [0.05, 0.1) is 5.92 Å². The van der Waals surface area contributed by atoms with Gasteiger partial charge in [-0.3, -0.25) is 14.4 Å². The first-order valence-corrected chi connectivity index (χ1v) is 9.42. The fourth-order valence-corrected chi connectivity index (χ4v) is 3.84. The van der Waals surface area contributed by atoms with Gasteiger partial charge in [-0.1, -0.05) is 36.9 Å². The number of ether oxygens (including phenoxy) is 1. The van der Waals surface area contributed by atoms with Crippen LogP contribution in [0.4, 0.5) is 5.69 Å². The summed E-state index contributed by atoms with van der Waals surface area (Å²) < 4.78 is 5.11. The van der Waals surface area contributed by atoms with Crippen LogP contribution in [0.15, 0.2) is 24.3 Å². The number of hydrogen-bond acceptors (Lipinski definition) is 4. The van der Waals surface area contributed by atoms with Crippen molar-refractivity contribution in [3.63, 3.8) is 0 Å². The number of anilines is 1. The normalized spacial score (nSPS) is 20.9. The third-order valence-electron chi connectivity index (χ3n) is 4.96. The Morgan fingerprint density at radius 1 is 1.23 bits per heavy atom. The largest absolute Gasteiger partial charge is 0.455 e. The van der Waals surface area contributed by atoms with E-state index in [1.165, 1.54) is 6.42 Å². The maximum Gasteiger partial charge on any atom is 0.311 e. The third-order valence-corrected chi connectivity index (χ3v) is 5.20. The maximum absolute atomic E-state index is 12.2. The van der Waals surface area contributed by atoms with Crippen LogP contribution in [-0.2, 0) is 19.1 Å². The van der Waals surface area contributed by atoms with E-state index in [9.17, 15) is 14.4 Å². The number of halogens is 1. The van der Waals surface area contributed by atoms with E-state index < -0.39 is 17.8 Å². The van der Waals surface area contributed by atoms with Crippen LogP contribution in [0, 0.1) is 5.92 Å². The van der Waals surface area contributed by atoms with Crippen molar-refractivity contribution in [1.29, 1.82) is 0 Å². The van der Waals surface area contributed by atoms with Crippen molar-refractivity contribution < 1.29 is 19.1 Å². The quantitative estimate of drug-likeness (QED) is 0.799. The highest BCUT2D eigenvalue weighted by Crippen LogP contribution is 2.29. The molecule has 3 rings (SSSR count). The summed E-state index contributed by atoms with van der Waals surface area (Å²) in [7, 11) is 0. The highest BCUT2D eigenvalue weighted by Gasteiger charge is 2.39. The minimum absolute atomic E-state index is 0.0160. The minimum atomic E-state index is -0.488. The molecule has 140 valence electrons. The van der Waals surface area contributed by atoms with Crippen molar-refractivity contribution in [3.05, 3.63) is 29.3 Å². The van der Waals surface area contributed by atoms with Crippen molar-refractivity contribution in [2.24, 2.45) is 5.92 Å². The first-order valence-electron chi connectivity index (χ1n) is 9.04. The lowest BCUT2D eigenvalue weighted by Crippen LogP contribution is -2.38. The molecule has 2 amide bonds. The zero-order valence-electron chi connectivity index (χ0n) is 14.6. The van der Waals surface area contributed by atoms with E-state index in [4.69, 9.17) is 16.3 Å². The van der Waals surface area contributed by atoms with Crippen LogP contribution in [0.25, 0.3) is 0 Å². The summed E-state index contributed by atoms with van der Waals surface area (Å²) in [5.41, 5.74) is 0.540. The summed E-state index contributed by atoms with van der Waals surface area (Å²) in [5, 5.41) is 3.13. The van der Waals surface area contributed by atoms with Gasteiger partial charge < -0.3 is 15.0 Å². The molecular formula is C19H23ClN2O4. The summed E-state index contributed by atoms with van der Waals surface area (Å²) in [4.78, 5) is 38.2. The van der Waals surface area contributed by atoms with Gasteiger partial charge >= 0.3 is 5.97 Å². The molecule has 1 saturated carbocycles. The molecular weight excluding hydrogens is 356 g/mol. The molecule has 0 aromatic heterocycles. The molecule has 1 aromatic rings. The molecule has 7 heteroatoms. The molecule has 1 heterocycles. The Labute approximate surface area is 157 Å². The van der Waals surface area contributed by atoms with Crippen molar-refractivity contribution in [1.82, 2.24) is 4.90 Å². The Bertz CT molecular complexity index is 688. The van der Waals surface area contributed by atoms with E-state index in [0.29, 0.717) is 17.3 Å². The fourth-order valence-electron chi connectivity index (χ4n) is 3.65. The third kappa shape index (κ3) is 4.75. The lowest BCUT2D eigenvalue weighted by atomic mass is 9.94. The van der Waals surface area contributed by atoms with Crippen molar-refractivity contribution in [2.45, 2.75) is 44.6 Å². The van der Waals surface area contributed by atoms with E-state index in [2.05, 4.69) is 5.32 Å². The van der Waals surface area contributed by atoms with E-state index in [0.717, 1.165) is 25.7 Å². The number of nitrogens with zero attached hydrogens (tertiary/aromatic N) is 1. The number of esters is 1. The first-order chi connectivity index (χ1) is 12.5. The second kappa shape index (κ2) is 8.54. The maximum atomic E-state index is 12.2. The van der Waals surface area contributed by atoms with Gasteiger partial charge in [0, 0.05) is 29.7 Å². The van der Waals surface area contributed by atoms with Crippen LogP contribution >= 0.6 is 11.6 Å². The number of hydrogen-bond donors (Lipinski definition) is 1. The van der Waals surface area contributed by atoms with Crippen molar-refractivity contribution in [2.75, 3.05) is 18.5 Å². The molecule has 1 saturated heterocycles. The van der Waals surface area contributed by atoms with E-state index in [-0.39, 0.29) is 25.0 Å². The van der Waals surface area contributed by atoms with E-state index in [1.807, 2.05) is 4.90 Å². The number of amides is 2. The SMILES string of the molecule is O=C(COC(=O)[C@H]1CC(=O)N(C2CCCCC2)C1)Nc1cccc(Cl)c1. The van der Waals surface area contributed by atoms with Crippen molar-refractivity contribution >= 4 is 35.1 Å². The molecule has 1 N–H and O–H groups in total. The number of nitrogens with one attached hydrogen (secondary N) is 1. The number of rotatable bonds is 5. The average Bonchev–Trinajstić information content (AvgIpc) is 3.02. The number of carbonyl (C=O) groups excluding carboxylic acids is 3. The van der Waals surface area contributed by atoms with Crippen LogP contribution in [0.2, 0.25) is 5.02 Å². The first kappa shape index (κ1) is 18.7. The van der Waals surface area contributed by atoms with Crippen LogP contribution < -0.4 is 5.32 Å². The Hall–Kier alpha value is -2.08. The highest BCUT2D eigenvalue weighted by atomic mass is 35.5. The van der Waals surface area contributed by atoms with Gasteiger partial charge in [-0.15, -0.1) is 0 Å². The number of likely N-dealkylation sites (tertiary alicyclic amines) is 1. The second-order valence-electron chi connectivity index (χ2n) is 6.91. The topological polar surface area (TPSA) is 75.7 Å². The lowest BCUT2D eigenvalue weighted by Gasteiger charge is -2.31. The molecule has 1 aliphatic carbocycles. The monoisotopic (exact) mass is 378 g/mol. The molecule has 0 radical (unpaired) electrons. The summed E-state index contributed by atoms with van der Waals surface area (Å²) in [6, 6.07) is 6.97. The van der Waals surface area contributed by atoms with Gasteiger partial charge in [-0.25, -0.2) is 0 Å². The minimum Gasteiger partial charge on any atom is -0.455 e. The number of benzene rings is 1. The molecule has 2 fully saturated rings. The molecule has 0 unspecified atom stereocenters. The van der Waals surface area contributed by atoms with Gasteiger partial charge in [-0.2, -0.15) is 0 Å². The van der Waals surface area contributed by atoms with E-state index in [1.54, 1.807) is 24.3 Å². The Morgan fingerprint density at radius 3 is 2.73 bits per heavy atom. The smallest absolute Gasteiger partial charge is 0.311 e. The zero-order chi connectivity index (χ0) is 18.5. The lowest BCUT2D eigenvalue weighted by molar-refractivity contribution is -0.151. The average molecular weight is 379 g/mol. The van der Waals surface area contributed by atoms with Gasteiger partial charge in [0.2, 0.25) is 5.91 Å². The Balaban J connectivity index is 1.46. The Kier molecular flexibility index (Phi) is 6.14. The highest BCUT2D eigenvalue weighted by molar-refractivity contribution is 6.30. The van der Waals surface area contributed by atoms with Gasteiger partial charge in [0.25, 0.3) is 5.91 Å². The molecule has 1 aliphatic heterocycles. The van der Waals surface area contributed by atoms with Crippen LogP contribution in [0.1, 0.15) is 38.5 Å². The summed E-state index contributed by atoms with van der Waals surface area (Å²) in [5.74, 6) is -1.39. The molecule has 0 spiro atoms. The van der Waals surface area contributed by atoms with Crippen LogP contribution in [0.3, 0.4) is 0 Å². The van der Waals surface area contributed by atoms with Gasteiger partial charge in [0.1, 0.15) is 0 Å². The van der Waals surface area contributed by atoms with Crippen LogP contribution in [-0.4, -0.2) is 41.9 Å².